The summed E-state index contributed by atoms with van der Waals surface area (Å²) in [6, 6.07) is 3.86. The van der Waals surface area contributed by atoms with Crippen LogP contribution in [0.1, 0.15) is 53.6 Å². The predicted octanol–water partition coefficient (Wildman–Crippen LogP) is 2.96. The monoisotopic (exact) mass is 337 g/mol. The zero-order chi connectivity index (χ0) is 16.8. The number of carbonyl (C=O) groups excluding carboxylic acids is 3. The summed E-state index contributed by atoms with van der Waals surface area (Å²) in [6.07, 6.45) is 3.26. The summed E-state index contributed by atoms with van der Waals surface area (Å²) >= 11 is 1.42. The van der Waals surface area contributed by atoms with Crippen LogP contribution in [0.4, 0.5) is 0 Å². The number of esters is 1. The van der Waals surface area contributed by atoms with E-state index in [-0.39, 0.29) is 37.2 Å². The van der Waals surface area contributed by atoms with E-state index in [0.29, 0.717) is 4.88 Å². The van der Waals surface area contributed by atoms with E-state index in [1.165, 1.54) is 11.3 Å². The molecule has 1 fully saturated rings. The Balaban J connectivity index is 1.70. The van der Waals surface area contributed by atoms with Gasteiger partial charge in [0.2, 0.25) is 0 Å². The van der Waals surface area contributed by atoms with Gasteiger partial charge in [0.15, 0.2) is 12.4 Å². The number of ether oxygens (including phenoxy) is 1. The Labute approximate surface area is 140 Å². The molecule has 5 nitrogen and oxygen atoms in total. The molecule has 2 rings (SSSR count). The molecule has 1 amide bonds. The molecule has 6 heteroatoms. The van der Waals surface area contributed by atoms with Gasteiger partial charge in [0.1, 0.15) is 0 Å². The maximum atomic E-state index is 12.1. The first-order valence-electron chi connectivity index (χ1n) is 8.02. The molecule has 0 spiro atoms. The minimum absolute atomic E-state index is 0.0125. The first-order chi connectivity index (χ1) is 11.0. The van der Waals surface area contributed by atoms with Crippen molar-refractivity contribution in [1.29, 1.82) is 0 Å². The van der Waals surface area contributed by atoms with Crippen LogP contribution >= 0.6 is 11.3 Å². The van der Waals surface area contributed by atoms with E-state index in [1.54, 1.807) is 11.0 Å². The molecule has 0 aliphatic carbocycles. The Morgan fingerprint density at radius 3 is 2.70 bits per heavy atom. The van der Waals surface area contributed by atoms with Crippen LogP contribution < -0.4 is 0 Å². The standard InChI is InChI=1S/C17H23NO4S/c1-12-5-3-4-10-18(12)16(20)11-22-17(21)9-7-14(19)15-8-6-13(2)23-15/h6,8,12H,3-5,7,9-11H2,1-2H3. The summed E-state index contributed by atoms with van der Waals surface area (Å²) < 4.78 is 5.02. The molecule has 1 aromatic rings. The number of amides is 1. The van der Waals surface area contributed by atoms with Crippen molar-refractivity contribution in [2.45, 2.75) is 52.0 Å². The SMILES string of the molecule is Cc1ccc(C(=O)CCC(=O)OCC(=O)N2CCCCC2C)s1. The average molecular weight is 337 g/mol. The fourth-order valence-corrected chi connectivity index (χ4v) is 3.52. The van der Waals surface area contributed by atoms with Gasteiger partial charge in [0.25, 0.3) is 5.91 Å². The van der Waals surface area contributed by atoms with Crippen LogP contribution in [0, 0.1) is 6.92 Å². The fourth-order valence-electron chi connectivity index (χ4n) is 2.69. The molecule has 1 atom stereocenters. The molecule has 1 aliphatic heterocycles. The normalized spacial score (nSPS) is 17.8. The summed E-state index contributed by atoms with van der Waals surface area (Å²) in [5.41, 5.74) is 0. The van der Waals surface area contributed by atoms with Crippen molar-refractivity contribution in [3.8, 4) is 0 Å². The van der Waals surface area contributed by atoms with Gasteiger partial charge in [-0.05, 0) is 45.2 Å². The highest BCUT2D eigenvalue weighted by molar-refractivity contribution is 7.14. The maximum absolute atomic E-state index is 12.1. The smallest absolute Gasteiger partial charge is 0.306 e. The number of likely N-dealkylation sites (tertiary alicyclic amines) is 1. The Morgan fingerprint density at radius 1 is 1.26 bits per heavy atom. The fraction of sp³-hybridized carbons (Fsp3) is 0.588. The highest BCUT2D eigenvalue weighted by Crippen LogP contribution is 2.18. The van der Waals surface area contributed by atoms with E-state index >= 15 is 0 Å². The molecule has 0 radical (unpaired) electrons. The second-order valence-electron chi connectivity index (χ2n) is 5.93. The minimum Gasteiger partial charge on any atom is -0.456 e. The number of piperidine rings is 1. The maximum Gasteiger partial charge on any atom is 0.306 e. The van der Waals surface area contributed by atoms with Gasteiger partial charge in [-0.15, -0.1) is 11.3 Å². The zero-order valence-electron chi connectivity index (χ0n) is 13.7. The van der Waals surface area contributed by atoms with Crippen molar-refractivity contribution in [3.05, 3.63) is 21.9 Å². The summed E-state index contributed by atoms with van der Waals surface area (Å²) in [6.45, 7) is 4.45. The van der Waals surface area contributed by atoms with Gasteiger partial charge in [-0.3, -0.25) is 14.4 Å². The number of hydrogen-bond donors (Lipinski definition) is 0. The van der Waals surface area contributed by atoms with Gasteiger partial charge in [0, 0.05) is 23.9 Å². The molecule has 0 bridgehead atoms. The van der Waals surface area contributed by atoms with Crippen molar-refractivity contribution >= 4 is 29.0 Å². The topological polar surface area (TPSA) is 63.7 Å². The summed E-state index contributed by atoms with van der Waals surface area (Å²) in [5.74, 6) is -0.702. The lowest BCUT2D eigenvalue weighted by molar-refractivity contribution is -0.153. The summed E-state index contributed by atoms with van der Waals surface area (Å²) in [4.78, 5) is 39.2. The van der Waals surface area contributed by atoms with Gasteiger partial charge in [-0.25, -0.2) is 0 Å². The lowest BCUT2D eigenvalue weighted by atomic mass is 10.0. The number of aryl methyl sites for hydroxylation is 1. The highest BCUT2D eigenvalue weighted by atomic mass is 32.1. The lowest BCUT2D eigenvalue weighted by Gasteiger charge is -2.33. The molecule has 126 valence electrons. The molecular weight excluding hydrogens is 314 g/mol. The molecule has 1 aliphatic rings. The van der Waals surface area contributed by atoms with E-state index < -0.39 is 5.97 Å². The second-order valence-corrected chi connectivity index (χ2v) is 7.21. The number of rotatable bonds is 6. The second kappa shape index (κ2) is 8.24. The third kappa shape index (κ3) is 5.16. The third-order valence-corrected chi connectivity index (χ3v) is 5.09. The van der Waals surface area contributed by atoms with Crippen LogP contribution in [-0.2, 0) is 14.3 Å². The molecule has 1 saturated heterocycles. The Bertz CT molecular complexity index is 581. The molecule has 2 heterocycles. The molecule has 0 N–H and O–H groups in total. The molecule has 0 aromatic carbocycles. The van der Waals surface area contributed by atoms with E-state index in [0.717, 1.165) is 30.7 Å². The number of hydrogen-bond acceptors (Lipinski definition) is 5. The first-order valence-corrected chi connectivity index (χ1v) is 8.83. The number of ketones is 1. The molecule has 1 aromatic heterocycles. The number of Topliss-reactive ketones (excluding diaryl/α,β-unsaturated/α-hetero) is 1. The Hall–Kier alpha value is -1.69. The van der Waals surface area contributed by atoms with Crippen LogP contribution in [-0.4, -0.2) is 41.8 Å². The summed E-state index contributed by atoms with van der Waals surface area (Å²) in [7, 11) is 0. The molecule has 1 unspecified atom stereocenters. The van der Waals surface area contributed by atoms with Crippen molar-refractivity contribution in [3.63, 3.8) is 0 Å². The van der Waals surface area contributed by atoms with Gasteiger partial charge >= 0.3 is 5.97 Å². The van der Waals surface area contributed by atoms with Gasteiger partial charge in [-0.2, -0.15) is 0 Å². The van der Waals surface area contributed by atoms with Crippen molar-refractivity contribution in [1.82, 2.24) is 4.90 Å². The summed E-state index contributed by atoms with van der Waals surface area (Å²) in [5, 5.41) is 0. The number of carbonyl (C=O) groups is 3. The van der Waals surface area contributed by atoms with E-state index in [4.69, 9.17) is 4.74 Å². The van der Waals surface area contributed by atoms with E-state index in [9.17, 15) is 14.4 Å². The van der Waals surface area contributed by atoms with Gasteiger partial charge < -0.3 is 9.64 Å². The minimum atomic E-state index is -0.496. The van der Waals surface area contributed by atoms with E-state index in [1.807, 2.05) is 19.9 Å². The predicted molar refractivity (Wildman–Crippen MR) is 88.6 cm³/mol. The van der Waals surface area contributed by atoms with Gasteiger partial charge in [-0.1, -0.05) is 0 Å². The number of nitrogens with zero attached hydrogens (tertiary/aromatic N) is 1. The van der Waals surface area contributed by atoms with Crippen molar-refractivity contribution < 1.29 is 19.1 Å². The van der Waals surface area contributed by atoms with Crippen molar-refractivity contribution in [2.75, 3.05) is 13.2 Å². The Kier molecular flexibility index (Phi) is 6.33. The van der Waals surface area contributed by atoms with Crippen LogP contribution in [0.15, 0.2) is 12.1 Å². The molecule has 0 saturated carbocycles. The van der Waals surface area contributed by atoms with E-state index in [2.05, 4.69) is 0 Å². The first kappa shape index (κ1) is 17.7. The van der Waals surface area contributed by atoms with Crippen LogP contribution in [0.5, 0.6) is 0 Å². The van der Waals surface area contributed by atoms with Crippen molar-refractivity contribution in [2.24, 2.45) is 0 Å². The van der Waals surface area contributed by atoms with Crippen LogP contribution in [0.25, 0.3) is 0 Å². The lowest BCUT2D eigenvalue weighted by Crippen LogP contribution is -2.44. The molecule has 23 heavy (non-hydrogen) atoms. The zero-order valence-corrected chi connectivity index (χ0v) is 14.5. The van der Waals surface area contributed by atoms with Gasteiger partial charge in [0.05, 0.1) is 11.3 Å². The number of thiophene rings is 1. The quantitative estimate of drug-likeness (QED) is 0.591. The average Bonchev–Trinajstić information content (AvgIpc) is 2.97. The third-order valence-electron chi connectivity index (χ3n) is 4.05. The van der Waals surface area contributed by atoms with Crippen LogP contribution in [0.3, 0.4) is 0 Å². The Morgan fingerprint density at radius 2 is 2.04 bits per heavy atom. The highest BCUT2D eigenvalue weighted by Gasteiger charge is 2.24. The largest absolute Gasteiger partial charge is 0.456 e. The molecular formula is C17H23NO4S. The van der Waals surface area contributed by atoms with Crippen LogP contribution in [0.2, 0.25) is 0 Å².